The molecule has 0 bridgehead atoms. The van der Waals surface area contributed by atoms with Crippen LogP contribution in [0.2, 0.25) is 0 Å². The minimum Gasteiger partial charge on any atom is -1.00 e. The second kappa shape index (κ2) is 10.2. The molecule has 2 heterocycles. The molecule has 3 aromatic rings. The zero-order chi connectivity index (χ0) is 23.5. The summed E-state index contributed by atoms with van der Waals surface area (Å²) in [6.07, 6.45) is 3.17. The Morgan fingerprint density at radius 1 is 0.971 bits per heavy atom. The zero-order valence-electron chi connectivity index (χ0n) is 17.8. The number of anilines is 2. The highest BCUT2D eigenvalue weighted by Gasteiger charge is 2.46. The first kappa shape index (κ1) is 24.5. The molecule has 0 spiro atoms. The molecule has 0 saturated carbocycles. The van der Waals surface area contributed by atoms with Crippen molar-refractivity contribution in [3.05, 3.63) is 96.0 Å². The van der Waals surface area contributed by atoms with Crippen LogP contribution in [-0.2, 0) is 14.3 Å². The van der Waals surface area contributed by atoms with Crippen LogP contribution in [0.5, 0.6) is 0 Å². The van der Waals surface area contributed by atoms with Crippen molar-refractivity contribution < 1.29 is 44.9 Å². The number of halogens is 3. The number of ether oxygens (including phenoxy) is 1. The molecule has 1 N–H and O–H groups in total. The predicted octanol–water partition coefficient (Wildman–Crippen LogP) is 0.287. The van der Waals surface area contributed by atoms with Gasteiger partial charge < -0.3 is 22.5 Å². The van der Waals surface area contributed by atoms with E-state index in [1.54, 1.807) is 49.6 Å². The molecule has 1 aliphatic rings. The summed E-state index contributed by atoms with van der Waals surface area (Å²) in [7, 11) is 0. The molecule has 2 amide bonds. The van der Waals surface area contributed by atoms with Crippen molar-refractivity contribution in [2.24, 2.45) is 0 Å². The lowest BCUT2D eigenvalue weighted by atomic mass is 10.2. The largest absolute Gasteiger partial charge is 1.00 e. The van der Waals surface area contributed by atoms with Gasteiger partial charge in [-0.05, 0) is 43.3 Å². The highest BCUT2D eigenvalue weighted by molar-refractivity contribution is 6.42. The molecule has 1 aliphatic heterocycles. The summed E-state index contributed by atoms with van der Waals surface area (Å²) < 4.78 is 33.6. The van der Waals surface area contributed by atoms with Gasteiger partial charge in [-0.2, -0.15) is 4.57 Å². The van der Waals surface area contributed by atoms with Crippen LogP contribution < -0.4 is 27.2 Å². The van der Waals surface area contributed by atoms with Crippen LogP contribution in [0.4, 0.5) is 20.2 Å². The summed E-state index contributed by atoms with van der Waals surface area (Å²) in [6.45, 7) is 1.93. The van der Waals surface area contributed by atoms with E-state index in [4.69, 9.17) is 4.74 Å². The SMILES string of the molecule is CCOC(=O)c1ccc(NC2=C([n+]3ccccc3)C(=O)N(c3ccc(F)c(F)c3)C2=O)cc1.[Cl-]. The van der Waals surface area contributed by atoms with E-state index < -0.39 is 29.4 Å². The van der Waals surface area contributed by atoms with Gasteiger partial charge in [-0.3, -0.25) is 9.59 Å². The van der Waals surface area contributed by atoms with Gasteiger partial charge in [0.1, 0.15) is 0 Å². The summed E-state index contributed by atoms with van der Waals surface area (Å²) >= 11 is 0. The molecule has 7 nitrogen and oxygen atoms in total. The van der Waals surface area contributed by atoms with Gasteiger partial charge in [-0.25, -0.2) is 18.5 Å². The number of aromatic nitrogens is 1. The first-order valence-corrected chi connectivity index (χ1v) is 9.99. The van der Waals surface area contributed by atoms with E-state index in [-0.39, 0.29) is 36.1 Å². The molecule has 0 fully saturated rings. The summed E-state index contributed by atoms with van der Waals surface area (Å²) in [4.78, 5) is 39.1. The van der Waals surface area contributed by atoms with Crippen molar-refractivity contribution in [3.8, 4) is 0 Å². The van der Waals surface area contributed by atoms with Crippen molar-refractivity contribution in [1.29, 1.82) is 0 Å². The van der Waals surface area contributed by atoms with E-state index in [9.17, 15) is 23.2 Å². The van der Waals surface area contributed by atoms with Gasteiger partial charge in [0.05, 0.1) is 17.9 Å². The summed E-state index contributed by atoms with van der Waals surface area (Å²) in [6, 6.07) is 14.0. The zero-order valence-corrected chi connectivity index (χ0v) is 18.6. The number of carbonyl (C=O) groups excluding carboxylic acids is 3. The van der Waals surface area contributed by atoms with Gasteiger partial charge in [0.25, 0.3) is 5.91 Å². The number of imide groups is 1. The van der Waals surface area contributed by atoms with Crippen molar-refractivity contribution >= 4 is 34.9 Å². The summed E-state index contributed by atoms with van der Waals surface area (Å²) in [5.74, 6) is -4.22. The smallest absolute Gasteiger partial charge is 0.338 e. The minimum absolute atomic E-state index is 0. The van der Waals surface area contributed by atoms with Crippen LogP contribution in [-0.4, -0.2) is 24.4 Å². The number of rotatable bonds is 6. The molecular formula is C24H18ClF2N3O4. The van der Waals surface area contributed by atoms with Crippen LogP contribution >= 0.6 is 0 Å². The number of carbonyl (C=O) groups is 3. The third kappa shape index (κ3) is 4.65. The van der Waals surface area contributed by atoms with Gasteiger partial charge in [-0.1, -0.05) is 6.07 Å². The van der Waals surface area contributed by atoms with Crippen molar-refractivity contribution in [2.75, 3.05) is 16.8 Å². The predicted molar refractivity (Wildman–Crippen MR) is 115 cm³/mol. The van der Waals surface area contributed by atoms with Gasteiger partial charge in [0.2, 0.25) is 0 Å². The Morgan fingerprint density at radius 2 is 1.65 bits per heavy atom. The number of hydrogen-bond donors (Lipinski definition) is 1. The maximum Gasteiger partial charge on any atom is 0.338 e. The number of esters is 1. The average Bonchev–Trinajstić information content (AvgIpc) is 3.06. The van der Waals surface area contributed by atoms with Crippen molar-refractivity contribution in [2.45, 2.75) is 6.92 Å². The first-order chi connectivity index (χ1) is 15.9. The number of pyridine rings is 1. The molecule has 0 radical (unpaired) electrons. The van der Waals surface area contributed by atoms with Crippen LogP contribution in [0.3, 0.4) is 0 Å². The topological polar surface area (TPSA) is 79.6 Å². The van der Waals surface area contributed by atoms with Crippen molar-refractivity contribution in [3.63, 3.8) is 0 Å². The Hall–Kier alpha value is -4.11. The lowest BCUT2D eigenvalue weighted by molar-refractivity contribution is -0.577. The molecule has 0 atom stereocenters. The second-order valence-electron chi connectivity index (χ2n) is 6.97. The van der Waals surface area contributed by atoms with E-state index >= 15 is 0 Å². The first-order valence-electron chi connectivity index (χ1n) is 9.99. The average molecular weight is 486 g/mol. The van der Waals surface area contributed by atoms with Gasteiger partial charge in [0, 0.05) is 23.9 Å². The number of amides is 2. The molecule has 0 aliphatic carbocycles. The van der Waals surface area contributed by atoms with Gasteiger partial charge >= 0.3 is 17.6 Å². The highest BCUT2D eigenvalue weighted by Crippen LogP contribution is 2.29. The van der Waals surface area contributed by atoms with E-state index in [0.29, 0.717) is 11.3 Å². The summed E-state index contributed by atoms with van der Waals surface area (Å²) in [5.41, 5.74) is 0.587. The molecule has 0 saturated heterocycles. The number of nitrogens with one attached hydrogen (secondary N) is 1. The molecule has 174 valence electrons. The number of benzene rings is 2. The molecule has 34 heavy (non-hydrogen) atoms. The fraction of sp³-hybridized carbons (Fsp3) is 0.0833. The Balaban J connectivity index is 0.00000324. The second-order valence-corrected chi connectivity index (χ2v) is 6.97. The Labute approximate surface area is 199 Å². The Kier molecular flexibility index (Phi) is 7.37. The molecule has 2 aromatic carbocycles. The van der Waals surface area contributed by atoms with Crippen LogP contribution in [0.1, 0.15) is 17.3 Å². The van der Waals surface area contributed by atoms with Gasteiger partial charge in [-0.15, -0.1) is 0 Å². The standard InChI is InChI=1S/C24H17F2N3O4.ClH/c1-2-33-24(32)15-6-8-16(9-7-15)27-20-21(28-12-4-3-5-13-28)23(31)29(22(20)30)17-10-11-18(25)19(26)14-17;/h3-14H,2H2,1H3;1H. The van der Waals surface area contributed by atoms with Crippen molar-refractivity contribution in [1.82, 2.24) is 0 Å². The minimum atomic E-state index is -1.18. The Morgan fingerprint density at radius 3 is 2.26 bits per heavy atom. The number of nitrogens with zero attached hydrogens (tertiary/aromatic N) is 2. The van der Waals surface area contributed by atoms with Crippen LogP contribution in [0, 0.1) is 11.6 Å². The summed E-state index contributed by atoms with van der Waals surface area (Å²) in [5, 5.41) is 2.92. The molecular weight excluding hydrogens is 468 g/mol. The lowest BCUT2D eigenvalue weighted by Crippen LogP contribution is -3.00. The molecule has 4 rings (SSSR count). The molecule has 10 heteroatoms. The monoisotopic (exact) mass is 485 g/mol. The van der Waals surface area contributed by atoms with E-state index in [1.165, 1.54) is 16.7 Å². The lowest BCUT2D eigenvalue weighted by Gasteiger charge is -2.14. The maximum atomic E-state index is 13.8. The quantitative estimate of drug-likeness (QED) is 0.308. The van der Waals surface area contributed by atoms with E-state index in [2.05, 4.69) is 5.32 Å². The fourth-order valence-corrected chi connectivity index (χ4v) is 3.33. The molecule has 0 unspecified atom stereocenters. The Bertz CT molecular complexity index is 1280. The molecule has 1 aromatic heterocycles. The highest BCUT2D eigenvalue weighted by atomic mass is 35.5. The van der Waals surface area contributed by atoms with Crippen LogP contribution in [0.15, 0.2) is 78.8 Å². The van der Waals surface area contributed by atoms with E-state index in [0.717, 1.165) is 23.1 Å². The van der Waals surface area contributed by atoms with Crippen LogP contribution in [0.25, 0.3) is 5.70 Å². The fourth-order valence-electron chi connectivity index (χ4n) is 3.33. The third-order valence-corrected chi connectivity index (χ3v) is 4.86. The van der Waals surface area contributed by atoms with Gasteiger partial charge in [0.15, 0.2) is 29.7 Å². The normalized spacial score (nSPS) is 13.1. The number of hydrogen-bond acceptors (Lipinski definition) is 5. The third-order valence-electron chi connectivity index (χ3n) is 4.86. The van der Waals surface area contributed by atoms with E-state index in [1.807, 2.05) is 0 Å². The maximum absolute atomic E-state index is 13.8.